The third kappa shape index (κ3) is 4.98. The Kier molecular flexibility index (Phi) is 7.07. The van der Waals surface area contributed by atoms with Gasteiger partial charge in [0.2, 0.25) is 0 Å². The van der Waals surface area contributed by atoms with E-state index < -0.39 is 17.8 Å². The minimum Gasteiger partial charge on any atom is -0.335 e. The molecule has 11 heteroatoms. The van der Waals surface area contributed by atoms with Crippen LogP contribution in [0.4, 0.5) is 13.2 Å². The van der Waals surface area contributed by atoms with Crippen LogP contribution in [0.5, 0.6) is 0 Å². The van der Waals surface area contributed by atoms with Gasteiger partial charge in [0, 0.05) is 26.2 Å². The van der Waals surface area contributed by atoms with Gasteiger partial charge in [0.15, 0.2) is 17.0 Å². The Morgan fingerprint density at radius 3 is 2.08 bits per heavy atom. The highest BCUT2D eigenvalue weighted by Gasteiger charge is 2.38. The molecule has 1 amide bonds. The van der Waals surface area contributed by atoms with E-state index in [9.17, 15) is 18.0 Å². The standard InChI is InChI=1S/C29H23ClF3N5OS/c30-24-25(35-38-23(29(31,32)33)18-21(34-27(24)38)22-12-7-17-40-22)28(39)37-15-13-36(14-16-37)26(19-8-3-1-4-9-19)20-10-5-2-6-11-20/h1-12,17-18,26H,13-16H2. The summed E-state index contributed by atoms with van der Waals surface area (Å²) in [5.41, 5.74) is 0.930. The summed E-state index contributed by atoms with van der Waals surface area (Å²) in [6, 6.07) is 24.6. The highest BCUT2D eigenvalue weighted by molar-refractivity contribution is 7.13. The molecular formula is C29H23ClF3N5OS. The number of hydrogen-bond acceptors (Lipinski definition) is 5. The first-order valence-electron chi connectivity index (χ1n) is 12.6. The molecule has 5 aromatic rings. The predicted octanol–water partition coefficient (Wildman–Crippen LogP) is 6.68. The lowest BCUT2D eigenvalue weighted by Gasteiger charge is -2.39. The molecule has 3 aromatic heterocycles. The number of thiophene rings is 1. The molecule has 6 nitrogen and oxygen atoms in total. The van der Waals surface area contributed by atoms with Crippen LogP contribution in [0, 0.1) is 0 Å². The van der Waals surface area contributed by atoms with Gasteiger partial charge in [-0.2, -0.15) is 18.3 Å². The smallest absolute Gasteiger partial charge is 0.335 e. The summed E-state index contributed by atoms with van der Waals surface area (Å²) in [5.74, 6) is -0.517. The van der Waals surface area contributed by atoms with Gasteiger partial charge < -0.3 is 4.90 Å². The van der Waals surface area contributed by atoms with Crippen molar-refractivity contribution in [1.29, 1.82) is 0 Å². The molecule has 0 radical (unpaired) electrons. The van der Waals surface area contributed by atoms with Crippen LogP contribution in [-0.4, -0.2) is 56.5 Å². The van der Waals surface area contributed by atoms with Gasteiger partial charge in [0.05, 0.1) is 16.6 Å². The summed E-state index contributed by atoms with van der Waals surface area (Å²) < 4.78 is 42.6. The van der Waals surface area contributed by atoms with Crippen LogP contribution in [0.2, 0.25) is 5.02 Å². The molecule has 0 unspecified atom stereocenters. The van der Waals surface area contributed by atoms with Gasteiger partial charge in [-0.1, -0.05) is 78.3 Å². The Balaban J connectivity index is 1.28. The monoisotopic (exact) mass is 581 g/mol. The van der Waals surface area contributed by atoms with Gasteiger partial charge in [-0.3, -0.25) is 9.69 Å². The minimum absolute atomic E-state index is 0.00708. The van der Waals surface area contributed by atoms with Crippen molar-refractivity contribution in [2.24, 2.45) is 0 Å². The lowest BCUT2D eigenvalue weighted by molar-refractivity contribution is -0.142. The number of hydrogen-bond donors (Lipinski definition) is 0. The number of carbonyl (C=O) groups excluding carboxylic acids is 1. The number of carbonyl (C=O) groups is 1. The van der Waals surface area contributed by atoms with E-state index in [1.807, 2.05) is 36.4 Å². The summed E-state index contributed by atoms with van der Waals surface area (Å²) in [6.07, 6.45) is -4.72. The molecule has 0 bridgehead atoms. The van der Waals surface area contributed by atoms with Crippen molar-refractivity contribution < 1.29 is 18.0 Å². The molecule has 0 N–H and O–H groups in total. The van der Waals surface area contributed by atoms with Gasteiger partial charge in [-0.05, 0) is 28.6 Å². The maximum Gasteiger partial charge on any atom is 0.433 e. The van der Waals surface area contributed by atoms with Crippen LogP contribution in [-0.2, 0) is 6.18 Å². The highest BCUT2D eigenvalue weighted by Crippen LogP contribution is 2.36. The minimum atomic E-state index is -4.72. The first-order valence-corrected chi connectivity index (χ1v) is 13.9. The maximum absolute atomic E-state index is 14.0. The third-order valence-corrected chi connectivity index (χ3v) is 8.24. The first-order chi connectivity index (χ1) is 19.3. The highest BCUT2D eigenvalue weighted by atomic mass is 35.5. The molecule has 2 aromatic carbocycles. The Labute approximate surface area is 237 Å². The third-order valence-electron chi connectivity index (χ3n) is 7.00. The molecule has 4 heterocycles. The lowest BCUT2D eigenvalue weighted by Crippen LogP contribution is -2.50. The Hall–Kier alpha value is -3.73. The zero-order chi connectivity index (χ0) is 27.9. The first kappa shape index (κ1) is 26.5. The number of amides is 1. The molecule has 0 saturated carbocycles. The van der Waals surface area contributed by atoms with Crippen molar-refractivity contribution in [3.8, 4) is 10.6 Å². The zero-order valence-corrected chi connectivity index (χ0v) is 22.6. The molecule has 204 valence electrons. The molecule has 0 aliphatic carbocycles. The average Bonchev–Trinajstić information content (AvgIpc) is 3.62. The van der Waals surface area contributed by atoms with Crippen LogP contribution in [0.1, 0.15) is 33.4 Å². The van der Waals surface area contributed by atoms with E-state index in [0.29, 0.717) is 35.6 Å². The number of halogens is 4. The molecule has 1 aliphatic heterocycles. The Morgan fingerprint density at radius 1 is 0.900 bits per heavy atom. The molecule has 6 rings (SSSR count). The van der Waals surface area contributed by atoms with E-state index in [4.69, 9.17) is 11.6 Å². The Bertz CT molecular complexity index is 1590. The van der Waals surface area contributed by atoms with Gasteiger partial charge in [-0.15, -0.1) is 11.3 Å². The van der Waals surface area contributed by atoms with Gasteiger partial charge in [0.1, 0.15) is 5.02 Å². The molecule has 0 spiro atoms. The van der Waals surface area contributed by atoms with Crippen molar-refractivity contribution in [2.45, 2.75) is 12.2 Å². The number of benzene rings is 2. The quantitative estimate of drug-likeness (QED) is 0.232. The fourth-order valence-corrected chi connectivity index (χ4v) is 6.03. The number of alkyl halides is 3. The topological polar surface area (TPSA) is 53.7 Å². The van der Waals surface area contributed by atoms with Crippen molar-refractivity contribution in [2.75, 3.05) is 26.2 Å². The molecule has 40 heavy (non-hydrogen) atoms. The van der Waals surface area contributed by atoms with E-state index in [1.54, 1.807) is 22.4 Å². The van der Waals surface area contributed by atoms with Crippen LogP contribution < -0.4 is 0 Å². The van der Waals surface area contributed by atoms with E-state index in [-0.39, 0.29) is 28.1 Å². The molecule has 1 fully saturated rings. The SMILES string of the molecule is O=C(c1nn2c(C(F)(F)F)cc(-c3cccs3)nc2c1Cl)N1CCN(C(c2ccccc2)c2ccccc2)CC1. The average molecular weight is 582 g/mol. The van der Waals surface area contributed by atoms with Crippen molar-refractivity contribution in [3.05, 3.63) is 112 Å². The summed E-state index contributed by atoms with van der Waals surface area (Å²) in [5, 5.41) is 5.59. The number of piperazine rings is 1. The summed E-state index contributed by atoms with van der Waals surface area (Å²) in [4.78, 5) is 22.3. The fourth-order valence-electron chi connectivity index (χ4n) is 5.10. The summed E-state index contributed by atoms with van der Waals surface area (Å²) in [7, 11) is 0. The van der Waals surface area contributed by atoms with Crippen LogP contribution in [0.15, 0.2) is 84.2 Å². The van der Waals surface area contributed by atoms with Crippen LogP contribution in [0.3, 0.4) is 0 Å². The normalized spacial score (nSPS) is 14.8. The predicted molar refractivity (Wildman–Crippen MR) is 149 cm³/mol. The Morgan fingerprint density at radius 2 is 1.52 bits per heavy atom. The van der Waals surface area contributed by atoms with E-state index >= 15 is 0 Å². The zero-order valence-electron chi connectivity index (χ0n) is 21.1. The van der Waals surface area contributed by atoms with E-state index in [1.165, 1.54) is 11.3 Å². The number of nitrogens with zero attached hydrogens (tertiary/aromatic N) is 5. The van der Waals surface area contributed by atoms with Crippen LogP contribution >= 0.6 is 22.9 Å². The molecular weight excluding hydrogens is 559 g/mol. The van der Waals surface area contributed by atoms with Gasteiger partial charge in [0.25, 0.3) is 5.91 Å². The van der Waals surface area contributed by atoms with Crippen molar-refractivity contribution >= 4 is 34.5 Å². The maximum atomic E-state index is 14.0. The summed E-state index contributed by atoms with van der Waals surface area (Å²) in [6.45, 7) is 1.89. The second kappa shape index (κ2) is 10.7. The fraction of sp³-hybridized carbons (Fsp3) is 0.207. The van der Waals surface area contributed by atoms with Gasteiger partial charge >= 0.3 is 6.18 Å². The largest absolute Gasteiger partial charge is 0.433 e. The van der Waals surface area contributed by atoms with Crippen molar-refractivity contribution in [3.63, 3.8) is 0 Å². The number of fused-ring (bicyclic) bond motifs is 1. The number of aromatic nitrogens is 3. The van der Waals surface area contributed by atoms with E-state index in [0.717, 1.165) is 17.2 Å². The molecule has 1 aliphatic rings. The lowest BCUT2D eigenvalue weighted by atomic mass is 9.96. The van der Waals surface area contributed by atoms with Crippen molar-refractivity contribution in [1.82, 2.24) is 24.4 Å². The second-order valence-electron chi connectivity index (χ2n) is 9.45. The van der Waals surface area contributed by atoms with Crippen LogP contribution in [0.25, 0.3) is 16.2 Å². The van der Waals surface area contributed by atoms with E-state index in [2.05, 4.69) is 39.2 Å². The molecule has 1 saturated heterocycles. The molecule has 0 atom stereocenters. The number of rotatable bonds is 5. The van der Waals surface area contributed by atoms with Gasteiger partial charge in [-0.25, -0.2) is 9.50 Å². The second-order valence-corrected chi connectivity index (χ2v) is 10.8. The summed E-state index contributed by atoms with van der Waals surface area (Å²) >= 11 is 7.76.